The summed E-state index contributed by atoms with van der Waals surface area (Å²) in [4.78, 5) is 17.3. The molecule has 0 unspecified atom stereocenters. The maximum atomic E-state index is 12.9. The van der Waals surface area contributed by atoms with Crippen LogP contribution >= 0.6 is 0 Å². The summed E-state index contributed by atoms with van der Waals surface area (Å²) in [6, 6.07) is 13.5. The molecule has 0 aliphatic rings. The van der Waals surface area contributed by atoms with Crippen LogP contribution in [-0.2, 0) is 0 Å². The number of carbonyl (C=O) groups is 1. The largest absolute Gasteiger partial charge is 0.504 e. The average molecular weight is 478 g/mol. The number of allylic oxidation sites excluding steroid dienone is 1. The number of nitrogens with zero attached hydrogens (tertiary/aromatic N) is 1. The van der Waals surface area contributed by atoms with E-state index in [1.54, 1.807) is 54.6 Å². The molecule has 0 saturated heterocycles. The Hall–Kier alpha value is -4.46. The minimum Gasteiger partial charge on any atom is -0.504 e. The van der Waals surface area contributed by atoms with Crippen LogP contribution in [-0.4, -0.2) is 52.7 Å². The quantitative estimate of drug-likeness (QED) is 0.247. The summed E-state index contributed by atoms with van der Waals surface area (Å²) in [7, 11) is 7.57. The van der Waals surface area contributed by atoms with E-state index < -0.39 is 0 Å². The number of ether oxygens (including phenoxy) is 5. The molecule has 0 aliphatic carbocycles. The van der Waals surface area contributed by atoms with Crippen LogP contribution in [0.4, 0.5) is 5.69 Å². The number of para-hydroxylation sites is 1. The molecule has 3 rings (SSSR count). The van der Waals surface area contributed by atoms with Gasteiger partial charge in [-0.15, -0.1) is 0 Å². The van der Waals surface area contributed by atoms with Crippen molar-refractivity contribution in [3.63, 3.8) is 0 Å². The molecular formula is C27H27NO7. The third-order valence-electron chi connectivity index (χ3n) is 5.17. The Morgan fingerprint density at radius 3 is 2.06 bits per heavy atom. The Labute approximate surface area is 204 Å². The average Bonchev–Trinajstić information content (AvgIpc) is 2.90. The Balaban J connectivity index is 1.89. The molecule has 0 heterocycles. The number of benzene rings is 3. The molecule has 1 N–H and O–H groups in total. The highest BCUT2D eigenvalue weighted by atomic mass is 16.5. The van der Waals surface area contributed by atoms with Crippen LogP contribution in [0.1, 0.15) is 21.5 Å². The van der Waals surface area contributed by atoms with Gasteiger partial charge in [0.2, 0.25) is 5.75 Å². The van der Waals surface area contributed by atoms with Crippen molar-refractivity contribution in [3.8, 4) is 34.5 Å². The van der Waals surface area contributed by atoms with E-state index in [0.29, 0.717) is 51.1 Å². The summed E-state index contributed by atoms with van der Waals surface area (Å²) < 4.78 is 26.6. The second-order valence-electron chi connectivity index (χ2n) is 7.20. The summed E-state index contributed by atoms with van der Waals surface area (Å²) in [6.45, 7) is 0. The Bertz CT molecular complexity index is 1240. The van der Waals surface area contributed by atoms with Crippen molar-refractivity contribution in [2.75, 3.05) is 35.5 Å². The molecule has 0 saturated carbocycles. The molecule has 0 fully saturated rings. The van der Waals surface area contributed by atoms with Crippen LogP contribution in [0, 0.1) is 0 Å². The molecule has 35 heavy (non-hydrogen) atoms. The van der Waals surface area contributed by atoms with E-state index in [4.69, 9.17) is 23.7 Å². The lowest BCUT2D eigenvalue weighted by Crippen LogP contribution is -1.97. The Morgan fingerprint density at radius 2 is 1.46 bits per heavy atom. The van der Waals surface area contributed by atoms with Crippen LogP contribution in [0.15, 0.2) is 59.6 Å². The molecule has 0 radical (unpaired) electrons. The summed E-state index contributed by atoms with van der Waals surface area (Å²) in [5, 5.41) is 10.3. The molecule has 0 bridgehead atoms. The molecule has 182 valence electrons. The maximum Gasteiger partial charge on any atom is 0.203 e. The van der Waals surface area contributed by atoms with Gasteiger partial charge in [0.25, 0.3) is 0 Å². The zero-order chi connectivity index (χ0) is 25.4. The summed E-state index contributed by atoms with van der Waals surface area (Å²) in [6.07, 6.45) is 4.59. The predicted octanol–water partition coefficient (Wildman–Crippen LogP) is 5.08. The van der Waals surface area contributed by atoms with E-state index in [1.807, 2.05) is 0 Å². The summed E-state index contributed by atoms with van der Waals surface area (Å²) in [5.41, 5.74) is 2.01. The van der Waals surface area contributed by atoms with Gasteiger partial charge in [0.1, 0.15) is 11.4 Å². The first-order valence-electron chi connectivity index (χ1n) is 10.6. The number of aromatic hydroxyl groups is 1. The number of hydrogen-bond donors (Lipinski definition) is 1. The predicted molar refractivity (Wildman–Crippen MR) is 134 cm³/mol. The number of hydrogen-bond acceptors (Lipinski definition) is 8. The van der Waals surface area contributed by atoms with Crippen LogP contribution in [0.5, 0.6) is 34.5 Å². The van der Waals surface area contributed by atoms with E-state index in [1.165, 1.54) is 47.8 Å². The third kappa shape index (κ3) is 5.73. The second-order valence-corrected chi connectivity index (χ2v) is 7.20. The number of phenolic OH excluding ortho intramolecular Hbond substituents is 1. The van der Waals surface area contributed by atoms with Crippen LogP contribution in [0.2, 0.25) is 0 Å². The fraction of sp³-hybridized carbons (Fsp3) is 0.185. The number of aliphatic imine (C=N–C) groups is 1. The number of methoxy groups -OCH3 is 5. The fourth-order valence-electron chi connectivity index (χ4n) is 3.36. The van der Waals surface area contributed by atoms with Crippen molar-refractivity contribution in [1.29, 1.82) is 0 Å². The highest BCUT2D eigenvalue weighted by Crippen LogP contribution is 2.38. The number of ketones is 1. The number of rotatable bonds is 10. The zero-order valence-electron chi connectivity index (χ0n) is 20.2. The lowest BCUT2D eigenvalue weighted by Gasteiger charge is -2.12. The van der Waals surface area contributed by atoms with E-state index in [2.05, 4.69) is 4.99 Å². The molecule has 3 aromatic rings. The lowest BCUT2D eigenvalue weighted by molar-refractivity contribution is 0.104. The monoisotopic (exact) mass is 477 g/mol. The van der Waals surface area contributed by atoms with Crippen LogP contribution in [0.25, 0.3) is 6.08 Å². The van der Waals surface area contributed by atoms with E-state index in [-0.39, 0.29) is 11.5 Å². The molecule has 0 atom stereocenters. The molecule has 0 aliphatic heterocycles. The normalized spacial score (nSPS) is 11.0. The van der Waals surface area contributed by atoms with E-state index >= 15 is 0 Å². The van der Waals surface area contributed by atoms with E-state index in [9.17, 15) is 9.90 Å². The van der Waals surface area contributed by atoms with Crippen LogP contribution in [0.3, 0.4) is 0 Å². The van der Waals surface area contributed by atoms with Gasteiger partial charge in [-0.2, -0.15) is 0 Å². The first kappa shape index (κ1) is 25.2. The van der Waals surface area contributed by atoms with Gasteiger partial charge in [-0.3, -0.25) is 9.79 Å². The standard InChI is InChI=1S/C27H27NO7/c1-31-22-12-10-18(15-20(22)28-16-19-7-6-8-23(32-2)26(19)30)21(29)11-9-17-13-24(33-3)27(35-5)25(14-17)34-4/h6-16,30H,1-5H3/b11-9+,28-16?. The van der Waals surface area contributed by atoms with Crippen molar-refractivity contribution in [1.82, 2.24) is 0 Å². The van der Waals surface area contributed by atoms with Gasteiger partial charge in [0.05, 0.1) is 35.5 Å². The van der Waals surface area contributed by atoms with Crippen LogP contribution < -0.4 is 23.7 Å². The van der Waals surface area contributed by atoms with Gasteiger partial charge >= 0.3 is 0 Å². The van der Waals surface area contributed by atoms with Crippen molar-refractivity contribution < 1.29 is 33.6 Å². The minimum absolute atomic E-state index is 0.0294. The van der Waals surface area contributed by atoms with Gasteiger partial charge in [0.15, 0.2) is 28.8 Å². The number of carbonyl (C=O) groups excluding carboxylic acids is 1. The molecule has 0 amide bonds. The maximum absolute atomic E-state index is 12.9. The number of phenols is 1. The summed E-state index contributed by atoms with van der Waals surface area (Å²) in [5.74, 6) is 2.00. The van der Waals surface area contributed by atoms with Gasteiger partial charge < -0.3 is 28.8 Å². The van der Waals surface area contributed by atoms with Gasteiger partial charge in [-0.25, -0.2) is 0 Å². The highest BCUT2D eigenvalue weighted by molar-refractivity contribution is 6.07. The molecule has 8 heteroatoms. The van der Waals surface area contributed by atoms with Gasteiger partial charge in [-0.05, 0) is 54.1 Å². The first-order valence-corrected chi connectivity index (χ1v) is 10.6. The lowest BCUT2D eigenvalue weighted by atomic mass is 10.1. The molecule has 0 spiro atoms. The van der Waals surface area contributed by atoms with Crippen molar-refractivity contribution >= 4 is 23.8 Å². The second kappa shape index (κ2) is 11.6. The summed E-state index contributed by atoms with van der Waals surface area (Å²) >= 11 is 0. The minimum atomic E-state index is -0.234. The van der Waals surface area contributed by atoms with Gasteiger partial charge in [-0.1, -0.05) is 12.1 Å². The molecule has 8 nitrogen and oxygen atoms in total. The molecular weight excluding hydrogens is 450 g/mol. The van der Waals surface area contributed by atoms with Crippen molar-refractivity contribution in [2.24, 2.45) is 4.99 Å². The fourth-order valence-corrected chi connectivity index (χ4v) is 3.36. The third-order valence-corrected chi connectivity index (χ3v) is 5.17. The van der Waals surface area contributed by atoms with E-state index in [0.717, 1.165) is 0 Å². The Kier molecular flexibility index (Phi) is 8.34. The molecule has 0 aromatic heterocycles. The van der Waals surface area contributed by atoms with Crippen molar-refractivity contribution in [2.45, 2.75) is 0 Å². The topological polar surface area (TPSA) is 95.8 Å². The highest BCUT2D eigenvalue weighted by Gasteiger charge is 2.13. The smallest absolute Gasteiger partial charge is 0.203 e. The van der Waals surface area contributed by atoms with Gasteiger partial charge in [0, 0.05) is 17.3 Å². The Morgan fingerprint density at radius 1 is 0.800 bits per heavy atom. The van der Waals surface area contributed by atoms with Crippen molar-refractivity contribution in [3.05, 3.63) is 71.3 Å². The first-order chi connectivity index (χ1) is 16.9. The zero-order valence-corrected chi connectivity index (χ0v) is 20.2. The SMILES string of the molecule is COc1ccc(C(=O)/C=C/c2cc(OC)c(OC)c(OC)c2)cc1N=Cc1cccc(OC)c1O. The molecule has 3 aromatic carbocycles.